The van der Waals surface area contributed by atoms with Gasteiger partial charge in [-0.2, -0.15) is 0 Å². The van der Waals surface area contributed by atoms with Crippen LogP contribution in [-0.2, 0) is 32.6 Å². The van der Waals surface area contributed by atoms with Crippen LogP contribution in [0, 0.1) is 5.82 Å². The Hall–Kier alpha value is -3.72. The molecule has 0 bridgehead atoms. The maximum Gasteiger partial charge on any atom is 0.244 e. The Labute approximate surface area is 243 Å². The molecule has 0 aromatic heterocycles. The molecule has 220 valence electrons. The summed E-state index contributed by atoms with van der Waals surface area (Å²) in [5.74, 6) is -1.34. The molecule has 0 spiro atoms. The van der Waals surface area contributed by atoms with Gasteiger partial charge in [0.1, 0.15) is 18.4 Å². The fourth-order valence-electron chi connectivity index (χ4n) is 4.59. The zero-order valence-electron chi connectivity index (χ0n) is 24.6. The Morgan fingerprint density at radius 1 is 0.878 bits per heavy atom. The maximum absolute atomic E-state index is 14.2. The van der Waals surface area contributed by atoms with Gasteiger partial charge < -0.3 is 10.2 Å². The molecule has 0 saturated carbocycles. The van der Waals surface area contributed by atoms with E-state index in [0.717, 1.165) is 21.7 Å². The number of hydrogen-bond donors (Lipinski definition) is 1. The molecule has 41 heavy (non-hydrogen) atoms. The van der Waals surface area contributed by atoms with Gasteiger partial charge in [-0.25, -0.2) is 12.8 Å². The number of rotatable bonds is 11. The Kier molecular flexibility index (Phi) is 10.3. The molecule has 3 aromatic carbocycles. The van der Waals surface area contributed by atoms with Crippen LogP contribution >= 0.6 is 0 Å². The van der Waals surface area contributed by atoms with Gasteiger partial charge in [0.15, 0.2) is 0 Å². The first-order chi connectivity index (χ1) is 19.2. The third-order valence-electron chi connectivity index (χ3n) is 6.54. The first kappa shape index (κ1) is 31.8. The average Bonchev–Trinajstić information content (AvgIpc) is 2.89. The van der Waals surface area contributed by atoms with E-state index in [2.05, 4.69) is 5.32 Å². The second-order valence-corrected chi connectivity index (χ2v) is 13.5. The van der Waals surface area contributed by atoms with E-state index < -0.39 is 39.9 Å². The van der Waals surface area contributed by atoms with E-state index in [1.807, 2.05) is 77.1 Å². The summed E-state index contributed by atoms with van der Waals surface area (Å²) in [6.45, 7) is 8.94. The van der Waals surface area contributed by atoms with E-state index in [0.29, 0.717) is 11.3 Å². The third kappa shape index (κ3) is 9.14. The number of carbonyl (C=O) groups excluding carboxylic acids is 2. The Bertz CT molecular complexity index is 1440. The lowest BCUT2D eigenvalue weighted by Gasteiger charge is -2.35. The predicted molar refractivity (Wildman–Crippen MR) is 162 cm³/mol. The highest BCUT2D eigenvalue weighted by Crippen LogP contribution is 2.29. The van der Waals surface area contributed by atoms with Crippen LogP contribution in [0.2, 0.25) is 0 Å². The van der Waals surface area contributed by atoms with Crippen molar-refractivity contribution in [3.05, 3.63) is 101 Å². The number of carbonyl (C=O) groups is 2. The normalized spacial score (nSPS) is 12.6. The maximum atomic E-state index is 14.2. The molecule has 0 aliphatic rings. The number of amides is 2. The van der Waals surface area contributed by atoms with Crippen molar-refractivity contribution in [2.45, 2.75) is 65.1 Å². The molecule has 9 heteroatoms. The minimum atomic E-state index is -3.88. The van der Waals surface area contributed by atoms with Gasteiger partial charge in [0, 0.05) is 18.5 Å². The van der Waals surface area contributed by atoms with Gasteiger partial charge in [0.2, 0.25) is 21.8 Å². The number of benzene rings is 3. The third-order valence-corrected chi connectivity index (χ3v) is 7.67. The monoisotopic (exact) mass is 581 g/mol. The minimum absolute atomic E-state index is 0.00395. The van der Waals surface area contributed by atoms with E-state index in [1.54, 1.807) is 24.3 Å². The Balaban J connectivity index is 2.11. The molecule has 0 heterocycles. The molecule has 3 aromatic rings. The molecular formula is C32H40FN3O4S. The molecule has 0 fully saturated rings. The molecule has 0 aliphatic carbocycles. The molecule has 1 N–H and O–H groups in total. The highest BCUT2D eigenvalue weighted by molar-refractivity contribution is 7.92. The van der Waals surface area contributed by atoms with Crippen LogP contribution in [-0.4, -0.2) is 49.5 Å². The lowest BCUT2D eigenvalue weighted by atomic mass is 10.00. The molecule has 1 atom stereocenters. The van der Waals surface area contributed by atoms with Crippen LogP contribution in [0.5, 0.6) is 0 Å². The van der Waals surface area contributed by atoms with Gasteiger partial charge in [0.05, 0.1) is 11.9 Å². The van der Waals surface area contributed by atoms with E-state index in [9.17, 15) is 22.4 Å². The van der Waals surface area contributed by atoms with Crippen molar-refractivity contribution in [2.24, 2.45) is 0 Å². The molecule has 3 rings (SSSR count). The number of anilines is 1. The summed E-state index contributed by atoms with van der Waals surface area (Å²) in [5, 5.41) is 2.98. The highest BCUT2D eigenvalue weighted by Gasteiger charge is 2.34. The Morgan fingerprint density at radius 2 is 1.46 bits per heavy atom. The first-order valence-electron chi connectivity index (χ1n) is 13.6. The SMILES string of the molecule is CC(C)c1ccccc1N(CC(=O)N(Cc1ccc(F)cc1)[C@@H](Cc1ccccc1)C(=O)NC(C)(C)C)S(C)(=O)=O. The fraction of sp³-hybridized carbons (Fsp3) is 0.375. The van der Waals surface area contributed by atoms with Gasteiger partial charge in [-0.1, -0.05) is 74.5 Å². The fourth-order valence-corrected chi connectivity index (χ4v) is 5.46. The van der Waals surface area contributed by atoms with Crippen molar-refractivity contribution < 1.29 is 22.4 Å². The van der Waals surface area contributed by atoms with Crippen molar-refractivity contribution in [1.29, 1.82) is 0 Å². The summed E-state index contributed by atoms with van der Waals surface area (Å²) in [5.41, 5.74) is 2.06. The second-order valence-electron chi connectivity index (χ2n) is 11.6. The molecular weight excluding hydrogens is 541 g/mol. The van der Waals surface area contributed by atoms with E-state index in [-0.39, 0.29) is 24.8 Å². The largest absolute Gasteiger partial charge is 0.350 e. The predicted octanol–water partition coefficient (Wildman–Crippen LogP) is 5.27. The highest BCUT2D eigenvalue weighted by atomic mass is 32.2. The topological polar surface area (TPSA) is 86.8 Å². The van der Waals surface area contributed by atoms with Crippen molar-refractivity contribution in [3.8, 4) is 0 Å². The van der Waals surface area contributed by atoms with Gasteiger partial charge >= 0.3 is 0 Å². The number of halogens is 1. The average molecular weight is 582 g/mol. The van der Waals surface area contributed by atoms with Crippen molar-refractivity contribution >= 4 is 27.5 Å². The number of nitrogens with one attached hydrogen (secondary N) is 1. The second kappa shape index (κ2) is 13.3. The molecule has 0 unspecified atom stereocenters. The number of hydrogen-bond acceptors (Lipinski definition) is 4. The van der Waals surface area contributed by atoms with Crippen LogP contribution in [0.1, 0.15) is 57.2 Å². The molecule has 2 amide bonds. The lowest BCUT2D eigenvalue weighted by molar-refractivity contribution is -0.140. The minimum Gasteiger partial charge on any atom is -0.350 e. The first-order valence-corrected chi connectivity index (χ1v) is 15.5. The molecule has 0 aliphatic heterocycles. The molecule has 0 saturated heterocycles. The summed E-state index contributed by atoms with van der Waals surface area (Å²) < 4.78 is 41.0. The van der Waals surface area contributed by atoms with E-state index >= 15 is 0 Å². The van der Waals surface area contributed by atoms with Crippen molar-refractivity contribution in [3.63, 3.8) is 0 Å². The zero-order chi connectivity index (χ0) is 30.4. The van der Waals surface area contributed by atoms with Gasteiger partial charge in [-0.05, 0) is 61.6 Å². The van der Waals surface area contributed by atoms with Crippen LogP contribution in [0.25, 0.3) is 0 Å². The van der Waals surface area contributed by atoms with Crippen LogP contribution in [0.15, 0.2) is 78.9 Å². The number of para-hydroxylation sites is 1. The van der Waals surface area contributed by atoms with Crippen LogP contribution in [0.3, 0.4) is 0 Å². The Morgan fingerprint density at radius 3 is 2.02 bits per heavy atom. The summed E-state index contributed by atoms with van der Waals surface area (Å²) in [6.07, 6.45) is 1.27. The van der Waals surface area contributed by atoms with Gasteiger partial charge in [0.25, 0.3) is 0 Å². The number of nitrogens with zero attached hydrogens (tertiary/aromatic N) is 2. The zero-order valence-corrected chi connectivity index (χ0v) is 25.4. The summed E-state index contributed by atoms with van der Waals surface area (Å²) in [4.78, 5) is 29.3. The standard InChI is InChI=1S/C32H40FN3O4S/c1-23(2)27-14-10-11-15-28(27)36(41(6,39)40)22-30(37)35(21-25-16-18-26(33)19-17-25)29(31(38)34-32(3,4)5)20-24-12-8-7-9-13-24/h7-19,23,29H,20-22H2,1-6H3,(H,34,38)/t29-/m0/s1. The van der Waals surface area contributed by atoms with Gasteiger partial charge in [-0.3, -0.25) is 13.9 Å². The van der Waals surface area contributed by atoms with E-state index in [4.69, 9.17) is 0 Å². The van der Waals surface area contributed by atoms with E-state index in [1.165, 1.54) is 17.0 Å². The molecule has 7 nitrogen and oxygen atoms in total. The summed E-state index contributed by atoms with van der Waals surface area (Å²) >= 11 is 0. The smallest absolute Gasteiger partial charge is 0.244 e. The van der Waals surface area contributed by atoms with Crippen LogP contribution in [0.4, 0.5) is 10.1 Å². The van der Waals surface area contributed by atoms with Crippen LogP contribution < -0.4 is 9.62 Å². The summed E-state index contributed by atoms with van der Waals surface area (Å²) in [7, 11) is -3.88. The summed E-state index contributed by atoms with van der Waals surface area (Å²) in [6, 6.07) is 21.1. The lowest BCUT2D eigenvalue weighted by Crippen LogP contribution is -2.56. The number of sulfonamides is 1. The molecule has 0 radical (unpaired) electrons. The quantitative estimate of drug-likeness (QED) is 0.334. The van der Waals surface area contributed by atoms with Gasteiger partial charge in [-0.15, -0.1) is 0 Å². The van der Waals surface area contributed by atoms with Crippen molar-refractivity contribution in [1.82, 2.24) is 10.2 Å². The van der Waals surface area contributed by atoms with Crippen molar-refractivity contribution in [2.75, 3.05) is 17.1 Å².